The molecule has 1 N–H and O–H groups in total. The summed E-state index contributed by atoms with van der Waals surface area (Å²) in [5.74, 6) is 0. The van der Waals surface area contributed by atoms with Gasteiger partial charge in [0.25, 0.3) is 0 Å². The van der Waals surface area contributed by atoms with Crippen molar-refractivity contribution in [1.29, 1.82) is 0 Å². The molecule has 0 amide bonds. The van der Waals surface area contributed by atoms with Gasteiger partial charge in [-0.1, -0.05) is 6.07 Å². The van der Waals surface area contributed by atoms with E-state index in [0.29, 0.717) is 0 Å². The maximum absolute atomic E-state index is 4.49. The van der Waals surface area contributed by atoms with Crippen molar-refractivity contribution in [2.75, 3.05) is 7.05 Å². The molecule has 3 nitrogen and oxygen atoms in total. The number of rotatable bonds is 4. The van der Waals surface area contributed by atoms with E-state index in [0.717, 1.165) is 21.6 Å². The molecule has 2 rings (SSSR count). The highest BCUT2D eigenvalue weighted by Crippen LogP contribution is 2.30. The number of hydrogen-bond acceptors (Lipinski definition) is 5. The molecule has 0 fully saturated rings. The molecule has 0 radical (unpaired) electrons. The van der Waals surface area contributed by atoms with Crippen molar-refractivity contribution in [2.24, 2.45) is 0 Å². The Morgan fingerprint density at radius 2 is 2.24 bits per heavy atom. The third kappa shape index (κ3) is 3.28. The highest BCUT2D eigenvalue weighted by atomic mass is 32.2. The molecule has 0 atom stereocenters. The fourth-order valence-corrected chi connectivity index (χ4v) is 3.26. The zero-order valence-corrected chi connectivity index (χ0v) is 11.8. The average Bonchev–Trinajstić information content (AvgIpc) is 2.69. The van der Waals surface area contributed by atoms with E-state index < -0.39 is 0 Å². The van der Waals surface area contributed by atoms with Gasteiger partial charge in [0.1, 0.15) is 5.03 Å². The number of thiazole rings is 1. The van der Waals surface area contributed by atoms with E-state index in [-0.39, 0.29) is 0 Å². The molecule has 0 unspecified atom stereocenters. The summed E-state index contributed by atoms with van der Waals surface area (Å²) in [6, 6.07) is 2.17. The van der Waals surface area contributed by atoms with Gasteiger partial charge >= 0.3 is 0 Å². The van der Waals surface area contributed by atoms with Crippen LogP contribution in [0.1, 0.15) is 16.8 Å². The van der Waals surface area contributed by atoms with Gasteiger partial charge < -0.3 is 5.32 Å². The van der Waals surface area contributed by atoms with Gasteiger partial charge in [-0.15, -0.1) is 11.3 Å². The van der Waals surface area contributed by atoms with E-state index in [4.69, 9.17) is 0 Å². The lowest BCUT2D eigenvalue weighted by molar-refractivity contribution is 0.806. The van der Waals surface area contributed by atoms with Crippen molar-refractivity contribution in [3.63, 3.8) is 0 Å². The number of aryl methyl sites for hydroxylation is 2. The van der Waals surface area contributed by atoms with Crippen LogP contribution in [0.25, 0.3) is 0 Å². The number of nitrogens with one attached hydrogen (secondary N) is 1. The van der Waals surface area contributed by atoms with Crippen LogP contribution < -0.4 is 5.32 Å². The standard InChI is InChI=1S/C12H15N3S2/c1-8-4-10(5-13-3)6-14-11(8)17-12-15-9(2)7-16-12/h4,6-7,13H,5H2,1-3H3. The SMILES string of the molecule is CNCc1cnc(Sc2nc(C)cs2)c(C)c1. The first-order valence-electron chi connectivity index (χ1n) is 5.39. The highest BCUT2D eigenvalue weighted by Gasteiger charge is 2.06. The van der Waals surface area contributed by atoms with Crippen LogP contribution in [0.15, 0.2) is 27.0 Å². The van der Waals surface area contributed by atoms with Crippen LogP contribution in [0.5, 0.6) is 0 Å². The second kappa shape index (κ2) is 5.62. The van der Waals surface area contributed by atoms with Gasteiger partial charge in [0.05, 0.1) is 0 Å². The molecule has 0 bridgehead atoms. The van der Waals surface area contributed by atoms with Crippen LogP contribution in [-0.4, -0.2) is 17.0 Å². The molecule has 5 heteroatoms. The van der Waals surface area contributed by atoms with E-state index in [1.54, 1.807) is 23.1 Å². The van der Waals surface area contributed by atoms with Crippen molar-refractivity contribution >= 4 is 23.1 Å². The Labute approximate surface area is 110 Å². The minimum Gasteiger partial charge on any atom is -0.316 e. The summed E-state index contributed by atoms with van der Waals surface area (Å²) < 4.78 is 1.06. The average molecular weight is 265 g/mol. The number of nitrogens with zero attached hydrogens (tertiary/aromatic N) is 2. The summed E-state index contributed by atoms with van der Waals surface area (Å²) in [6.07, 6.45) is 1.92. The summed E-state index contributed by atoms with van der Waals surface area (Å²) >= 11 is 3.30. The molecule has 0 aliphatic rings. The minimum absolute atomic E-state index is 0.856. The Morgan fingerprint density at radius 1 is 1.41 bits per heavy atom. The summed E-state index contributed by atoms with van der Waals surface area (Å²) in [5, 5.41) is 6.23. The Balaban J connectivity index is 2.16. The van der Waals surface area contributed by atoms with E-state index >= 15 is 0 Å². The van der Waals surface area contributed by atoms with Crippen LogP contribution in [-0.2, 0) is 6.54 Å². The number of aromatic nitrogens is 2. The fraction of sp³-hybridized carbons (Fsp3) is 0.333. The Bertz CT molecular complexity index is 508. The van der Waals surface area contributed by atoms with Gasteiger partial charge in [-0.3, -0.25) is 0 Å². The predicted octanol–water partition coefficient (Wildman–Crippen LogP) is 3.03. The maximum atomic E-state index is 4.49. The lowest BCUT2D eigenvalue weighted by atomic mass is 10.2. The smallest absolute Gasteiger partial charge is 0.156 e. The van der Waals surface area contributed by atoms with Crippen molar-refractivity contribution < 1.29 is 0 Å². The number of hydrogen-bond donors (Lipinski definition) is 1. The van der Waals surface area contributed by atoms with Crippen LogP contribution >= 0.6 is 23.1 Å². The molecular weight excluding hydrogens is 250 g/mol. The zero-order chi connectivity index (χ0) is 12.3. The van der Waals surface area contributed by atoms with Crippen molar-refractivity contribution in [3.05, 3.63) is 34.5 Å². The van der Waals surface area contributed by atoms with Crippen LogP contribution in [0, 0.1) is 13.8 Å². The van der Waals surface area contributed by atoms with Gasteiger partial charge in [0.15, 0.2) is 4.34 Å². The van der Waals surface area contributed by atoms with Gasteiger partial charge in [-0.2, -0.15) is 0 Å². The second-order valence-electron chi connectivity index (χ2n) is 3.85. The summed E-state index contributed by atoms with van der Waals surface area (Å²) in [5.41, 5.74) is 3.49. The first-order chi connectivity index (χ1) is 8.19. The van der Waals surface area contributed by atoms with Crippen molar-refractivity contribution in [2.45, 2.75) is 29.8 Å². The lowest BCUT2D eigenvalue weighted by Crippen LogP contribution is -2.05. The maximum Gasteiger partial charge on any atom is 0.156 e. The number of pyridine rings is 1. The second-order valence-corrected chi connectivity index (χ2v) is 5.95. The van der Waals surface area contributed by atoms with Crippen LogP contribution in [0.2, 0.25) is 0 Å². The third-order valence-corrected chi connectivity index (χ3v) is 4.43. The molecule has 17 heavy (non-hydrogen) atoms. The third-order valence-electron chi connectivity index (χ3n) is 2.25. The Hall–Kier alpha value is -0.910. The normalized spacial score (nSPS) is 10.8. The molecule has 0 aromatic carbocycles. The molecule has 2 heterocycles. The van der Waals surface area contributed by atoms with Crippen LogP contribution in [0.4, 0.5) is 0 Å². The quantitative estimate of drug-likeness (QED) is 0.922. The van der Waals surface area contributed by atoms with Crippen molar-refractivity contribution in [1.82, 2.24) is 15.3 Å². The summed E-state index contributed by atoms with van der Waals surface area (Å²) in [7, 11) is 1.94. The molecule has 0 saturated heterocycles. The molecule has 0 aliphatic heterocycles. The van der Waals surface area contributed by atoms with Gasteiger partial charge in [0, 0.05) is 23.8 Å². The van der Waals surface area contributed by atoms with E-state index in [2.05, 4.69) is 33.7 Å². The topological polar surface area (TPSA) is 37.8 Å². The van der Waals surface area contributed by atoms with Gasteiger partial charge in [-0.25, -0.2) is 9.97 Å². The Morgan fingerprint density at radius 3 is 2.82 bits per heavy atom. The molecular formula is C12H15N3S2. The zero-order valence-electron chi connectivity index (χ0n) is 10.2. The van der Waals surface area contributed by atoms with E-state index in [1.807, 2.05) is 20.2 Å². The summed E-state index contributed by atoms with van der Waals surface area (Å²) in [4.78, 5) is 8.93. The molecule has 0 spiro atoms. The molecule has 90 valence electrons. The minimum atomic E-state index is 0.856. The van der Waals surface area contributed by atoms with Crippen LogP contribution in [0.3, 0.4) is 0 Å². The highest BCUT2D eigenvalue weighted by molar-refractivity contribution is 8.01. The van der Waals surface area contributed by atoms with Crippen molar-refractivity contribution in [3.8, 4) is 0 Å². The lowest BCUT2D eigenvalue weighted by Gasteiger charge is -2.05. The molecule has 0 saturated carbocycles. The van der Waals surface area contributed by atoms with E-state index in [9.17, 15) is 0 Å². The first kappa shape index (κ1) is 12.5. The molecule has 2 aromatic heterocycles. The fourth-order valence-electron chi connectivity index (χ4n) is 1.49. The Kier molecular flexibility index (Phi) is 4.15. The first-order valence-corrected chi connectivity index (χ1v) is 7.09. The monoisotopic (exact) mass is 265 g/mol. The van der Waals surface area contributed by atoms with Gasteiger partial charge in [0.2, 0.25) is 0 Å². The molecule has 0 aliphatic carbocycles. The van der Waals surface area contributed by atoms with Gasteiger partial charge in [-0.05, 0) is 43.8 Å². The largest absolute Gasteiger partial charge is 0.316 e. The predicted molar refractivity (Wildman–Crippen MR) is 72.7 cm³/mol. The summed E-state index contributed by atoms with van der Waals surface area (Å²) in [6.45, 7) is 4.96. The van der Waals surface area contributed by atoms with E-state index in [1.165, 1.54) is 11.1 Å². The molecule has 2 aromatic rings.